The van der Waals surface area contributed by atoms with E-state index in [0.29, 0.717) is 12.8 Å². The van der Waals surface area contributed by atoms with Crippen molar-refractivity contribution >= 4 is 5.91 Å². The summed E-state index contributed by atoms with van der Waals surface area (Å²) in [5.41, 5.74) is 0. The molecule has 0 aromatic carbocycles. The lowest BCUT2D eigenvalue weighted by Gasteiger charge is -2.27. The molecule has 0 saturated heterocycles. The van der Waals surface area contributed by atoms with Crippen LogP contribution in [0.15, 0.2) is 0 Å². The van der Waals surface area contributed by atoms with Gasteiger partial charge in [-0.3, -0.25) is 4.79 Å². The van der Waals surface area contributed by atoms with E-state index in [-0.39, 0.29) is 0 Å². The molecule has 0 aliphatic heterocycles. The summed E-state index contributed by atoms with van der Waals surface area (Å²) in [6.07, 6.45) is 72.1. The van der Waals surface area contributed by atoms with E-state index in [9.17, 15) is 25.2 Å². The molecule has 6 heteroatoms. The minimum absolute atomic E-state index is 0.377. The number of aliphatic hydroxyl groups excluding tert-OH is 4. The molecule has 0 radical (unpaired) electrons. The molecule has 0 fully saturated rings. The zero-order valence-corrected chi connectivity index (χ0v) is 48.5. The lowest BCUT2D eigenvalue weighted by molar-refractivity contribution is -0.132. The normalized spacial score (nSPS) is 13.5. The molecule has 6 nitrogen and oxygen atoms in total. The number of rotatable bonds is 62. The average Bonchev–Trinajstić information content (AvgIpc) is 3.38. The quantitative estimate of drug-likeness (QED) is 0.0390. The standard InChI is InChI=1S/C65H131NO5/c1-3-5-7-9-11-13-15-17-19-21-23-25-27-29-30-31-32-33-34-35-37-38-40-42-44-46-48-50-52-54-56-58-62(68)64(70)61(60-67)66-65(71)63(69)59-57-55-53-51-49-47-45-43-41-39-36-28-26-24-22-20-18-16-14-12-10-8-6-4-2/h61-64,67-70H,3-60H2,1-2H3,(H,66,71). The Labute approximate surface area is 445 Å². The van der Waals surface area contributed by atoms with Crippen molar-refractivity contribution in [1.82, 2.24) is 5.32 Å². The Hall–Kier alpha value is -0.690. The molecule has 0 heterocycles. The van der Waals surface area contributed by atoms with Crippen molar-refractivity contribution in [3.8, 4) is 0 Å². The second-order valence-corrected chi connectivity index (χ2v) is 23.2. The summed E-state index contributed by atoms with van der Waals surface area (Å²) < 4.78 is 0. The molecule has 0 aromatic rings. The number of carbonyl (C=O) groups excluding carboxylic acids is 1. The lowest BCUT2D eigenvalue weighted by atomic mass is 9.99. The molecule has 0 spiro atoms. The largest absolute Gasteiger partial charge is 0.394 e. The van der Waals surface area contributed by atoms with E-state index in [1.807, 2.05) is 0 Å². The van der Waals surface area contributed by atoms with Gasteiger partial charge in [-0.15, -0.1) is 0 Å². The molecule has 426 valence electrons. The van der Waals surface area contributed by atoms with Crippen LogP contribution in [0.25, 0.3) is 0 Å². The minimum Gasteiger partial charge on any atom is -0.394 e. The molecule has 0 aliphatic rings. The van der Waals surface area contributed by atoms with Gasteiger partial charge < -0.3 is 25.7 Å². The van der Waals surface area contributed by atoms with Gasteiger partial charge in [0.15, 0.2) is 0 Å². The molecule has 5 N–H and O–H groups in total. The maximum absolute atomic E-state index is 12.6. The SMILES string of the molecule is CCCCCCCCCCCCCCCCCCCCCCCCCCCCCCCCCC(O)C(O)C(CO)NC(=O)C(O)CCCCCCCCCCCCCCCCCCCCCCCCCC. The first-order valence-electron chi connectivity index (χ1n) is 32.9. The number of unbranched alkanes of at least 4 members (excludes halogenated alkanes) is 53. The van der Waals surface area contributed by atoms with Gasteiger partial charge in [-0.2, -0.15) is 0 Å². The zero-order valence-electron chi connectivity index (χ0n) is 48.5. The van der Waals surface area contributed by atoms with E-state index in [1.54, 1.807) is 0 Å². The van der Waals surface area contributed by atoms with E-state index < -0.39 is 36.9 Å². The Morgan fingerprint density at radius 3 is 0.676 bits per heavy atom. The second kappa shape index (κ2) is 60.2. The average molecular weight is 1010 g/mol. The van der Waals surface area contributed by atoms with Crippen LogP contribution in [0.2, 0.25) is 0 Å². The number of hydrogen-bond donors (Lipinski definition) is 5. The van der Waals surface area contributed by atoms with E-state index in [0.717, 1.165) is 38.5 Å². The first-order chi connectivity index (χ1) is 35.0. The van der Waals surface area contributed by atoms with Crippen LogP contribution in [0.4, 0.5) is 0 Å². The van der Waals surface area contributed by atoms with Crippen molar-refractivity contribution in [1.29, 1.82) is 0 Å². The van der Waals surface area contributed by atoms with Crippen LogP contribution in [0.1, 0.15) is 380 Å². The van der Waals surface area contributed by atoms with Gasteiger partial charge >= 0.3 is 0 Å². The maximum atomic E-state index is 12.6. The molecule has 0 bridgehead atoms. The Morgan fingerprint density at radius 2 is 0.479 bits per heavy atom. The van der Waals surface area contributed by atoms with Crippen LogP contribution in [-0.2, 0) is 4.79 Å². The number of hydrogen-bond acceptors (Lipinski definition) is 5. The molecular weight excluding hydrogens is 875 g/mol. The van der Waals surface area contributed by atoms with E-state index >= 15 is 0 Å². The number of amides is 1. The third-order valence-electron chi connectivity index (χ3n) is 16.1. The highest BCUT2D eigenvalue weighted by Gasteiger charge is 2.28. The highest BCUT2D eigenvalue weighted by atomic mass is 16.3. The van der Waals surface area contributed by atoms with Crippen LogP contribution >= 0.6 is 0 Å². The van der Waals surface area contributed by atoms with Gasteiger partial charge in [0.2, 0.25) is 5.91 Å². The fourth-order valence-electron chi connectivity index (χ4n) is 10.9. The summed E-state index contributed by atoms with van der Waals surface area (Å²) in [4.78, 5) is 12.6. The molecule has 4 atom stereocenters. The van der Waals surface area contributed by atoms with Gasteiger partial charge in [0.1, 0.15) is 12.2 Å². The predicted molar refractivity (Wildman–Crippen MR) is 312 cm³/mol. The molecule has 71 heavy (non-hydrogen) atoms. The highest BCUT2D eigenvalue weighted by Crippen LogP contribution is 2.20. The van der Waals surface area contributed by atoms with Crippen molar-refractivity contribution in [3.63, 3.8) is 0 Å². The van der Waals surface area contributed by atoms with Crippen LogP contribution in [0, 0.1) is 0 Å². The fourth-order valence-corrected chi connectivity index (χ4v) is 10.9. The molecule has 4 unspecified atom stereocenters. The molecule has 0 saturated carbocycles. The maximum Gasteiger partial charge on any atom is 0.249 e. The van der Waals surface area contributed by atoms with Crippen LogP contribution in [0.3, 0.4) is 0 Å². The molecule has 0 aliphatic carbocycles. The molecule has 0 aromatic heterocycles. The summed E-state index contributed by atoms with van der Waals surface area (Å²) in [6, 6.07) is -0.982. The van der Waals surface area contributed by atoms with E-state index in [2.05, 4.69) is 19.2 Å². The Kier molecular flexibility index (Phi) is 59.6. The summed E-state index contributed by atoms with van der Waals surface area (Å²) in [5.74, 6) is -0.574. The van der Waals surface area contributed by atoms with Crippen molar-refractivity contribution in [2.75, 3.05) is 6.61 Å². The molecule has 1 amide bonds. The minimum atomic E-state index is -1.26. The topological polar surface area (TPSA) is 110 Å². The van der Waals surface area contributed by atoms with Gasteiger partial charge in [-0.1, -0.05) is 367 Å². The number of nitrogens with one attached hydrogen (secondary N) is 1. The van der Waals surface area contributed by atoms with E-state index in [1.165, 1.54) is 315 Å². The number of carbonyl (C=O) groups is 1. The predicted octanol–water partition coefficient (Wildman–Crippen LogP) is 19.8. The Balaban J connectivity index is 3.52. The van der Waals surface area contributed by atoms with Crippen LogP contribution in [0.5, 0.6) is 0 Å². The van der Waals surface area contributed by atoms with Gasteiger partial charge in [-0.05, 0) is 12.8 Å². The first kappa shape index (κ1) is 70.3. The molecule has 0 rings (SSSR count). The zero-order chi connectivity index (χ0) is 51.6. The third kappa shape index (κ3) is 53.9. The highest BCUT2D eigenvalue weighted by molar-refractivity contribution is 5.80. The smallest absolute Gasteiger partial charge is 0.249 e. The van der Waals surface area contributed by atoms with E-state index in [4.69, 9.17) is 0 Å². The monoisotopic (exact) mass is 1010 g/mol. The lowest BCUT2D eigenvalue weighted by Crippen LogP contribution is -2.53. The van der Waals surface area contributed by atoms with Crippen molar-refractivity contribution in [3.05, 3.63) is 0 Å². The second-order valence-electron chi connectivity index (χ2n) is 23.2. The van der Waals surface area contributed by atoms with Crippen molar-refractivity contribution < 1.29 is 25.2 Å². The Bertz CT molecular complexity index is 995. The van der Waals surface area contributed by atoms with Gasteiger partial charge in [0, 0.05) is 0 Å². The summed E-state index contributed by atoms with van der Waals surface area (Å²) in [7, 11) is 0. The van der Waals surface area contributed by atoms with Crippen LogP contribution in [-0.4, -0.2) is 57.3 Å². The Morgan fingerprint density at radius 1 is 0.296 bits per heavy atom. The van der Waals surface area contributed by atoms with Crippen LogP contribution < -0.4 is 5.32 Å². The summed E-state index contributed by atoms with van der Waals surface area (Å²) >= 11 is 0. The number of aliphatic hydroxyl groups is 4. The summed E-state index contributed by atoms with van der Waals surface area (Å²) in [5, 5.41) is 44.2. The summed E-state index contributed by atoms with van der Waals surface area (Å²) in [6.45, 7) is 4.12. The van der Waals surface area contributed by atoms with Crippen molar-refractivity contribution in [2.24, 2.45) is 0 Å². The molecular formula is C65H131NO5. The first-order valence-corrected chi connectivity index (χ1v) is 32.9. The van der Waals surface area contributed by atoms with Crippen molar-refractivity contribution in [2.45, 2.75) is 404 Å². The van der Waals surface area contributed by atoms with Gasteiger partial charge in [0.05, 0.1) is 18.8 Å². The fraction of sp³-hybridized carbons (Fsp3) is 0.985. The van der Waals surface area contributed by atoms with Gasteiger partial charge in [0.25, 0.3) is 0 Å². The van der Waals surface area contributed by atoms with Gasteiger partial charge in [-0.25, -0.2) is 0 Å². The third-order valence-corrected chi connectivity index (χ3v) is 16.1.